The molecule has 1 rings (SSSR count). The first-order valence-corrected chi connectivity index (χ1v) is 5.46. The quantitative estimate of drug-likeness (QED) is 0.739. The van der Waals surface area contributed by atoms with Gasteiger partial charge in [0.25, 0.3) is 0 Å². The first kappa shape index (κ1) is 12.9. The average Bonchev–Trinajstić information content (AvgIpc) is 2.30. The van der Waals surface area contributed by atoms with Crippen LogP contribution in [0.4, 0.5) is 0 Å². The first-order valence-electron chi connectivity index (χ1n) is 5.46. The van der Waals surface area contributed by atoms with Crippen molar-refractivity contribution < 1.29 is 9.90 Å². The number of hydrogen-bond donors (Lipinski definition) is 1. The molecule has 88 valence electrons. The van der Waals surface area contributed by atoms with Crippen molar-refractivity contribution in [3.8, 4) is 0 Å². The fraction of sp³-hybridized carbons (Fsp3) is 0.462. The van der Waals surface area contributed by atoms with E-state index in [1.807, 2.05) is 49.1 Å². The van der Waals surface area contributed by atoms with Crippen LogP contribution >= 0.6 is 0 Å². The van der Waals surface area contributed by atoms with Gasteiger partial charge in [-0.1, -0.05) is 30.3 Å². The number of aliphatic hydroxyl groups excluding tert-OH is 1. The van der Waals surface area contributed by atoms with Crippen LogP contribution < -0.4 is 0 Å². The second-order valence-electron chi connectivity index (χ2n) is 4.40. The van der Waals surface area contributed by atoms with E-state index >= 15 is 0 Å². The number of β-amino-alcohol motifs (C(OH)–C–C–N with tert-alkyl or cyclic N) is 1. The highest BCUT2D eigenvalue weighted by Gasteiger charge is 2.25. The minimum absolute atomic E-state index is 0.0596. The van der Waals surface area contributed by atoms with Crippen LogP contribution in [-0.4, -0.2) is 35.0 Å². The highest BCUT2D eigenvalue weighted by molar-refractivity contribution is 5.62. The van der Waals surface area contributed by atoms with Crippen molar-refractivity contribution in [2.45, 2.75) is 25.9 Å². The van der Waals surface area contributed by atoms with Crippen LogP contribution in [0.25, 0.3) is 0 Å². The van der Waals surface area contributed by atoms with Gasteiger partial charge in [-0.2, -0.15) is 0 Å². The Labute approximate surface area is 96.7 Å². The SMILES string of the molecule is CC(C)(C=O)N(CCO)Cc1ccccc1. The van der Waals surface area contributed by atoms with Crippen molar-refractivity contribution >= 4 is 6.29 Å². The first-order chi connectivity index (χ1) is 7.60. The van der Waals surface area contributed by atoms with Crippen LogP contribution in [0, 0.1) is 0 Å². The van der Waals surface area contributed by atoms with E-state index in [4.69, 9.17) is 5.11 Å². The summed E-state index contributed by atoms with van der Waals surface area (Å²) in [5, 5.41) is 9.02. The third-order valence-corrected chi connectivity index (χ3v) is 2.69. The zero-order valence-electron chi connectivity index (χ0n) is 9.89. The van der Waals surface area contributed by atoms with Gasteiger partial charge in [-0.3, -0.25) is 4.90 Å². The third kappa shape index (κ3) is 3.43. The normalized spacial score (nSPS) is 11.8. The molecule has 16 heavy (non-hydrogen) atoms. The molecule has 0 unspecified atom stereocenters. The second-order valence-corrected chi connectivity index (χ2v) is 4.40. The maximum Gasteiger partial charge on any atom is 0.139 e. The predicted molar refractivity (Wildman–Crippen MR) is 64.1 cm³/mol. The smallest absolute Gasteiger partial charge is 0.139 e. The standard InChI is InChI=1S/C13H19NO2/c1-13(2,11-16)14(8-9-15)10-12-6-4-3-5-7-12/h3-7,11,15H,8-10H2,1-2H3. The summed E-state index contributed by atoms with van der Waals surface area (Å²) in [5.41, 5.74) is 0.601. The van der Waals surface area contributed by atoms with E-state index in [0.717, 1.165) is 11.8 Å². The van der Waals surface area contributed by atoms with Gasteiger partial charge >= 0.3 is 0 Å². The third-order valence-electron chi connectivity index (χ3n) is 2.69. The number of hydrogen-bond acceptors (Lipinski definition) is 3. The minimum atomic E-state index is -0.543. The molecule has 0 aliphatic carbocycles. The Morgan fingerprint density at radius 1 is 1.31 bits per heavy atom. The van der Waals surface area contributed by atoms with E-state index in [1.165, 1.54) is 0 Å². The van der Waals surface area contributed by atoms with Gasteiger partial charge in [0.1, 0.15) is 6.29 Å². The topological polar surface area (TPSA) is 40.5 Å². The summed E-state index contributed by atoms with van der Waals surface area (Å²) in [5.74, 6) is 0. The van der Waals surface area contributed by atoms with Gasteiger partial charge in [-0.05, 0) is 19.4 Å². The molecular weight excluding hydrogens is 202 g/mol. The van der Waals surface area contributed by atoms with E-state index in [-0.39, 0.29) is 6.61 Å². The lowest BCUT2D eigenvalue weighted by Gasteiger charge is -2.33. The van der Waals surface area contributed by atoms with Crippen molar-refractivity contribution in [3.05, 3.63) is 35.9 Å². The van der Waals surface area contributed by atoms with E-state index in [0.29, 0.717) is 13.1 Å². The van der Waals surface area contributed by atoms with Crippen molar-refractivity contribution in [1.29, 1.82) is 0 Å². The Morgan fingerprint density at radius 2 is 1.94 bits per heavy atom. The molecule has 3 nitrogen and oxygen atoms in total. The van der Waals surface area contributed by atoms with Crippen LogP contribution in [0.3, 0.4) is 0 Å². The van der Waals surface area contributed by atoms with Gasteiger partial charge in [0, 0.05) is 13.1 Å². The summed E-state index contributed by atoms with van der Waals surface area (Å²) in [4.78, 5) is 13.0. The molecule has 0 saturated carbocycles. The molecule has 1 aromatic carbocycles. The molecule has 0 aliphatic rings. The molecule has 0 amide bonds. The Bertz CT molecular complexity index is 322. The molecule has 1 N–H and O–H groups in total. The summed E-state index contributed by atoms with van der Waals surface area (Å²) >= 11 is 0. The maximum absolute atomic E-state index is 11.0. The van der Waals surface area contributed by atoms with Gasteiger partial charge in [0.2, 0.25) is 0 Å². The van der Waals surface area contributed by atoms with Crippen molar-refractivity contribution in [1.82, 2.24) is 4.90 Å². The fourth-order valence-electron chi connectivity index (χ4n) is 1.57. The molecule has 0 saturated heterocycles. The molecule has 0 heterocycles. The van der Waals surface area contributed by atoms with Gasteiger partial charge in [-0.25, -0.2) is 0 Å². The lowest BCUT2D eigenvalue weighted by atomic mass is 10.0. The van der Waals surface area contributed by atoms with Gasteiger partial charge < -0.3 is 9.90 Å². The van der Waals surface area contributed by atoms with Crippen LogP contribution in [0.2, 0.25) is 0 Å². The van der Waals surface area contributed by atoms with E-state index in [9.17, 15) is 4.79 Å². The van der Waals surface area contributed by atoms with Crippen molar-refractivity contribution in [3.63, 3.8) is 0 Å². The fourth-order valence-corrected chi connectivity index (χ4v) is 1.57. The number of aliphatic hydroxyl groups is 1. The predicted octanol–water partition coefficient (Wildman–Crippen LogP) is 1.46. The number of carbonyl (C=O) groups is 1. The summed E-state index contributed by atoms with van der Waals surface area (Å²) in [6.45, 7) is 4.95. The lowest BCUT2D eigenvalue weighted by Crippen LogP contribution is -2.46. The highest BCUT2D eigenvalue weighted by atomic mass is 16.3. The summed E-state index contributed by atoms with van der Waals surface area (Å²) in [7, 11) is 0. The molecule has 0 bridgehead atoms. The number of rotatable bonds is 6. The van der Waals surface area contributed by atoms with Crippen LogP contribution in [-0.2, 0) is 11.3 Å². The summed E-state index contributed by atoms with van der Waals surface area (Å²) in [6, 6.07) is 9.95. The second kappa shape index (κ2) is 5.77. The number of carbonyl (C=O) groups excluding carboxylic acids is 1. The maximum atomic E-state index is 11.0. The zero-order chi connectivity index (χ0) is 12.0. The average molecular weight is 221 g/mol. The molecule has 0 spiro atoms. The molecule has 1 aromatic rings. The van der Waals surface area contributed by atoms with Crippen LogP contribution in [0.15, 0.2) is 30.3 Å². The molecular formula is C13H19NO2. The van der Waals surface area contributed by atoms with Crippen LogP contribution in [0.5, 0.6) is 0 Å². The summed E-state index contributed by atoms with van der Waals surface area (Å²) < 4.78 is 0. The van der Waals surface area contributed by atoms with Gasteiger partial charge in [0.15, 0.2) is 0 Å². The van der Waals surface area contributed by atoms with E-state index < -0.39 is 5.54 Å². The number of benzene rings is 1. The highest BCUT2D eigenvalue weighted by Crippen LogP contribution is 2.15. The Kier molecular flexibility index (Phi) is 4.65. The molecule has 0 aliphatic heterocycles. The zero-order valence-corrected chi connectivity index (χ0v) is 9.89. The van der Waals surface area contributed by atoms with Gasteiger partial charge in [0.05, 0.1) is 12.1 Å². The molecule has 0 atom stereocenters. The molecule has 0 aromatic heterocycles. The molecule has 3 heteroatoms. The minimum Gasteiger partial charge on any atom is -0.395 e. The van der Waals surface area contributed by atoms with Crippen molar-refractivity contribution in [2.24, 2.45) is 0 Å². The van der Waals surface area contributed by atoms with Gasteiger partial charge in [-0.15, -0.1) is 0 Å². The van der Waals surface area contributed by atoms with E-state index in [1.54, 1.807) is 0 Å². The summed E-state index contributed by atoms with van der Waals surface area (Å²) in [6.07, 6.45) is 0.922. The molecule has 0 fully saturated rings. The number of aldehydes is 1. The Hall–Kier alpha value is -1.19. The Balaban J connectivity index is 2.76. The monoisotopic (exact) mass is 221 g/mol. The number of nitrogens with zero attached hydrogens (tertiary/aromatic N) is 1. The van der Waals surface area contributed by atoms with Crippen molar-refractivity contribution in [2.75, 3.05) is 13.2 Å². The Morgan fingerprint density at radius 3 is 2.44 bits per heavy atom. The van der Waals surface area contributed by atoms with Crippen LogP contribution in [0.1, 0.15) is 19.4 Å². The largest absolute Gasteiger partial charge is 0.395 e. The van der Waals surface area contributed by atoms with E-state index in [2.05, 4.69) is 0 Å². The lowest BCUT2D eigenvalue weighted by molar-refractivity contribution is -0.117. The molecule has 0 radical (unpaired) electrons.